The van der Waals surface area contributed by atoms with Crippen molar-refractivity contribution < 1.29 is 66.9 Å². The zero-order valence-corrected chi connectivity index (χ0v) is 42.5. The molecule has 0 saturated carbocycles. The molecule has 0 aliphatic heterocycles. The average molecular weight is 1020 g/mol. The molecule has 0 N–H and O–H groups in total. The second-order valence-electron chi connectivity index (χ2n) is 20.9. The molecule has 3 aromatic rings. The summed E-state index contributed by atoms with van der Waals surface area (Å²) in [5.74, 6) is -22.0. The molecule has 3 aliphatic carbocycles. The highest BCUT2D eigenvalue weighted by molar-refractivity contribution is 5.40. The topological polar surface area (TPSA) is 27.7 Å². The average Bonchev–Trinajstić information content (AvgIpc) is 3.28. The first-order chi connectivity index (χ1) is 33.3. The van der Waals surface area contributed by atoms with Gasteiger partial charge in [-0.05, 0) is 121 Å². The Morgan fingerprint density at radius 2 is 0.662 bits per heavy atom. The van der Waals surface area contributed by atoms with Crippen LogP contribution in [0.3, 0.4) is 0 Å². The van der Waals surface area contributed by atoms with Gasteiger partial charge in [-0.3, -0.25) is 0 Å². The van der Waals surface area contributed by atoms with Gasteiger partial charge in [-0.15, -0.1) is 0 Å². The molecular formula is C56H70F12O3. The molecule has 0 aromatic heterocycles. The third-order valence-corrected chi connectivity index (χ3v) is 13.5. The molecule has 6 rings (SSSR count). The highest BCUT2D eigenvalue weighted by atomic mass is 19.2. The summed E-state index contributed by atoms with van der Waals surface area (Å²) in [6.45, 7) is 15.0. The van der Waals surface area contributed by atoms with E-state index in [9.17, 15) is 52.7 Å². The van der Waals surface area contributed by atoms with Crippen LogP contribution in [0.2, 0.25) is 0 Å². The number of benzene rings is 3. The molecule has 3 nitrogen and oxygen atoms in total. The zero-order chi connectivity index (χ0) is 53.0. The summed E-state index contributed by atoms with van der Waals surface area (Å²) in [6, 6.07) is 0. The van der Waals surface area contributed by atoms with Gasteiger partial charge in [0.1, 0.15) is 5.60 Å². The lowest BCUT2D eigenvalue weighted by Crippen LogP contribution is -2.33. The minimum absolute atomic E-state index is 0.0224. The number of rotatable bonds is 11. The normalized spacial score (nSPS) is 23.2. The molecule has 0 radical (unpaired) electrons. The van der Waals surface area contributed by atoms with Crippen molar-refractivity contribution in [3.63, 3.8) is 0 Å². The van der Waals surface area contributed by atoms with Gasteiger partial charge in [0, 0.05) is 27.5 Å². The first-order valence-electron chi connectivity index (χ1n) is 24.8. The molecule has 3 unspecified atom stereocenters. The molecule has 3 aromatic carbocycles. The van der Waals surface area contributed by atoms with Crippen molar-refractivity contribution in [3.8, 4) is 17.2 Å². The Morgan fingerprint density at radius 1 is 0.352 bits per heavy atom. The van der Waals surface area contributed by atoms with Crippen LogP contribution in [0.1, 0.15) is 193 Å². The monoisotopic (exact) mass is 1020 g/mol. The van der Waals surface area contributed by atoms with Gasteiger partial charge >= 0.3 is 0 Å². The molecule has 0 saturated heterocycles. The smallest absolute Gasteiger partial charge is 0.204 e. The highest BCUT2D eigenvalue weighted by Gasteiger charge is 2.36. The van der Waals surface area contributed by atoms with Crippen molar-refractivity contribution in [3.05, 3.63) is 123 Å². The van der Waals surface area contributed by atoms with Gasteiger partial charge in [0.15, 0.2) is 52.2 Å². The second-order valence-corrected chi connectivity index (χ2v) is 20.9. The number of allylic oxidation sites excluding steroid dienone is 6. The first kappa shape index (κ1) is 59.0. The number of halogens is 12. The Morgan fingerprint density at radius 3 is 1.07 bits per heavy atom. The standard InChI is InChI=1S/2C19H24F4O.C18H22F4O/c1-12(2)13-14(20)15(21)16(22)17(23)18(13)24-11-19(3)9-7-5-4-6-8-10-19;1-12(2)13-14(20)16(22)18(17(23)15(13)21)24-11-19(3)9-7-5-4-6-8-10-19;1-11(2)12-13(19)15(21)17(16(22)14(12)20)23-18(3)9-7-5-4-6-8-10-18/h2*4-5,12H,6-11H2,1-3H3;4-5,11H,6-10H2,1-3H3/b3*5-4-. The quantitative estimate of drug-likeness (QED) is 0.0829. The van der Waals surface area contributed by atoms with E-state index in [1.165, 1.54) is 27.7 Å². The fraction of sp³-hybridized carbons (Fsp3) is 0.571. The zero-order valence-electron chi connectivity index (χ0n) is 42.5. The number of hydrogen-bond donors (Lipinski definition) is 0. The number of hydrogen-bond acceptors (Lipinski definition) is 3. The van der Waals surface area contributed by atoms with Crippen LogP contribution < -0.4 is 14.2 Å². The fourth-order valence-corrected chi connectivity index (χ4v) is 9.12. The van der Waals surface area contributed by atoms with Gasteiger partial charge < -0.3 is 14.2 Å². The minimum atomic E-state index is -1.82. The van der Waals surface area contributed by atoms with E-state index in [2.05, 4.69) is 30.4 Å². The summed E-state index contributed by atoms with van der Waals surface area (Å²) in [4.78, 5) is 0. The van der Waals surface area contributed by atoms with Crippen molar-refractivity contribution in [2.75, 3.05) is 13.2 Å². The summed E-state index contributed by atoms with van der Waals surface area (Å²) in [5, 5.41) is 0. The SMILES string of the molecule is CC(C)c1c(F)c(F)c(F)c(F)c1OCC1(C)CC/C=C\CCC1.CC(C)c1c(F)c(F)c(OC2(C)CC/C=C\CCC2)c(F)c1F.CC(C)c1c(F)c(F)c(OCC2(C)CC/C=C\CCC2)c(F)c1F. The van der Waals surface area contributed by atoms with Crippen molar-refractivity contribution in [2.24, 2.45) is 10.8 Å². The Balaban J connectivity index is 0.000000231. The fourth-order valence-electron chi connectivity index (χ4n) is 9.12. The Labute approximate surface area is 412 Å². The third-order valence-electron chi connectivity index (χ3n) is 13.5. The van der Waals surface area contributed by atoms with Gasteiger partial charge in [-0.25, -0.2) is 30.7 Å². The third kappa shape index (κ3) is 15.0. The number of ether oxygens (including phenoxy) is 3. The van der Waals surface area contributed by atoms with Crippen molar-refractivity contribution in [1.29, 1.82) is 0 Å². The Kier molecular flexibility index (Phi) is 21.5. The Bertz CT molecular complexity index is 2320. The second kappa shape index (κ2) is 25.9. The van der Waals surface area contributed by atoms with E-state index in [-0.39, 0.29) is 29.6 Å². The van der Waals surface area contributed by atoms with Crippen LogP contribution in [0.15, 0.2) is 36.5 Å². The lowest BCUT2D eigenvalue weighted by molar-refractivity contribution is 0.0562. The van der Waals surface area contributed by atoms with Gasteiger partial charge in [-0.2, -0.15) is 22.0 Å². The maximum atomic E-state index is 14.2. The lowest BCUT2D eigenvalue weighted by atomic mass is 9.80. The van der Waals surface area contributed by atoms with E-state index in [0.717, 1.165) is 77.0 Å². The maximum Gasteiger partial charge on any atom is 0.204 e. The van der Waals surface area contributed by atoms with E-state index < -0.39 is 122 Å². The summed E-state index contributed by atoms with van der Waals surface area (Å²) in [7, 11) is 0. The molecule has 0 spiro atoms. The molecule has 71 heavy (non-hydrogen) atoms. The van der Waals surface area contributed by atoms with Crippen LogP contribution in [0, 0.1) is 80.6 Å². The van der Waals surface area contributed by atoms with Crippen LogP contribution in [-0.4, -0.2) is 18.8 Å². The molecule has 3 atom stereocenters. The van der Waals surface area contributed by atoms with E-state index in [1.807, 2.05) is 19.9 Å². The van der Waals surface area contributed by atoms with Gasteiger partial charge in [-0.1, -0.05) is 91.8 Å². The van der Waals surface area contributed by atoms with Gasteiger partial charge in [0.25, 0.3) is 0 Å². The summed E-state index contributed by atoms with van der Waals surface area (Å²) < 4.78 is 185. The van der Waals surface area contributed by atoms with Crippen LogP contribution >= 0.6 is 0 Å². The molecule has 0 fully saturated rings. The van der Waals surface area contributed by atoms with Crippen LogP contribution in [0.5, 0.6) is 17.2 Å². The van der Waals surface area contributed by atoms with E-state index >= 15 is 0 Å². The van der Waals surface area contributed by atoms with Crippen molar-refractivity contribution in [2.45, 2.75) is 182 Å². The van der Waals surface area contributed by atoms with E-state index in [1.54, 1.807) is 20.8 Å². The molecule has 0 amide bonds. The maximum absolute atomic E-state index is 14.2. The minimum Gasteiger partial charge on any atom is -0.489 e. The predicted molar refractivity (Wildman–Crippen MR) is 254 cm³/mol. The molecule has 0 heterocycles. The van der Waals surface area contributed by atoms with E-state index in [0.29, 0.717) is 19.3 Å². The van der Waals surface area contributed by atoms with Gasteiger partial charge in [0.05, 0.1) is 13.2 Å². The lowest BCUT2D eigenvalue weighted by Gasteiger charge is -2.32. The predicted octanol–water partition coefficient (Wildman–Crippen LogP) is 18.6. The molecule has 0 bridgehead atoms. The molecule has 396 valence electrons. The molecular weight excluding hydrogens is 949 g/mol. The highest BCUT2D eigenvalue weighted by Crippen LogP contribution is 2.41. The summed E-state index contributed by atoms with van der Waals surface area (Å²) in [5.41, 5.74) is -2.77. The van der Waals surface area contributed by atoms with Crippen molar-refractivity contribution >= 4 is 0 Å². The van der Waals surface area contributed by atoms with Crippen LogP contribution in [0.25, 0.3) is 0 Å². The summed E-state index contributed by atoms with van der Waals surface area (Å²) >= 11 is 0. The Hall–Kier alpha value is -4.56. The first-order valence-corrected chi connectivity index (χ1v) is 24.8. The molecule has 3 aliphatic rings. The van der Waals surface area contributed by atoms with Crippen molar-refractivity contribution in [1.82, 2.24) is 0 Å². The van der Waals surface area contributed by atoms with E-state index in [4.69, 9.17) is 14.2 Å². The molecule has 15 heteroatoms. The van der Waals surface area contributed by atoms with Gasteiger partial charge in [0.2, 0.25) is 34.9 Å². The largest absolute Gasteiger partial charge is 0.489 e. The summed E-state index contributed by atoms with van der Waals surface area (Å²) in [6.07, 6.45) is 24.8. The van der Waals surface area contributed by atoms with Crippen LogP contribution in [0.4, 0.5) is 52.7 Å². The van der Waals surface area contributed by atoms with Crippen LogP contribution in [-0.2, 0) is 0 Å².